The molecule has 0 radical (unpaired) electrons. The lowest BCUT2D eigenvalue weighted by molar-refractivity contribution is 0.0816. The van der Waals surface area contributed by atoms with Gasteiger partial charge in [0.15, 0.2) is 0 Å². The summed E-state index contributed by atoms with van der Waals surface area (Å²) >= 11 is 0. The highest BCUT2D eigenvalue weighted by atomic mass is 16.6. The predicted molar refractivity (Wildman–Crippen MR) is 82.5 cm³/mol. The Labute approximate surface area is 131 Å². The maximum Gasteiger partial charge on any atom is 0.440 e. The van der Waals surface area contributed by atoms with Gasteiger partial charge in [-0.1, -0.05) is 25.8 Å². The summed E-state index contributed by atoms with van der Waals surface area (Å²) in [5, 5.41) is 5.10. The number of hydrogen-bond acceptors (Lipinski definition) is 5. The van der Waals surface area contributed by atoms with E-state index < -0.39 is 12.2 Å². The quantitative estimate of drug-likeness (QED) is 0.743. The predicted octanol–water partition coefficient (Wildman–Crippen LogP) is 3.80. The number of ether oxygens (including phenoxy) is 2. The Bertz CT molecular complexity index is 482. The first-order valence-electron chi connectivity index (χ1n) is 7.99. The van der Waals surface area contributed by atoms with Crippen molar-refractivity contribution in [1.82, 2.24) is 5.01 Å². The zero-order chi connectivity index (χ0) is 16.5. The number of amides is 2. The standard InChI is InChI=1S/C16H26N2O4/c1-6-21-13(19)18(14(20)22-7-2)17-12-10-11-8-9-16(12,5)15(11,3)4/h11H,6-10H2,1-5H3/b17-12+. The van der Waals surface area contributed by atoms with E-state index in [0.717, 1.165) is 23.6 Å². The average Bonchev–Trinajstić information content (AvgIpc) is 2.78. The molecule has 0 spiro atoms. The van der Waals surface area contributed by atoms with E-state index in [1.165, 1.54) is 6.42 Å². The van der Waals surface area contributed by atoms with Crippen molar-refractivity contribution >= 4 is 17.9 Å². The number of rotatable bonds is 3. The maximum absolute atomic E-state index is 12.0. The van der Waals surface area contributed by atoms with Crippen LogP contribution in [0.3, 0.4) is 0 Å². The van der Waals surface area contributed by atoms with E-state index in [9.17, 15) is 9.59 Å². The topological polar surface area (TPSA) is 68.2 Å². The molecule has 2 unspecified atom stereocenters. The summed E-state index contributed by atoms with van der Waals surface area (Å²) in [4.78, 5) is 24.0. The number of nitrogens with zero attached hydrogens (tertiary/aromatic N) is 2. The summed E-state index contributed by atoms with van der Waals surface area (Å²) in [6.07, 6.45) is 1.46. The Balaban J connectivity index is 2.30. The van der Waals surface area contributed by atoms with Gasteiger partial charge >= 0.3 is 12.2 Å². The van der Waals surface area contributed by atoms with Crippen LogP contribution in [0.4, 0.5) is 9.59 Å². The van der Waals surface area contributed by atoms with Gasteiger partial charge in [0.1, 0.15) is 0 Å². The molecule has 0 aromatic carbocycles. The van der Waals surface area contributed by atoms with Gasteiger partial charge in [0.05, 0.1) is 13.2 Å². The third kappa shape index (κ3) is 2.48. The molecule has 2 amide bonds. The van der Waals surface area contributed by atoms with Gasteiger partial charge in [0, 0.05) is 11.1 Å². The Hall–Kier alpha value is -1.59. The number of hydrogen-bond donors (Lipinski definition) is 0. The van der Waals surface area contributed by atoms with Crippen LogP contribution in [0.5, 0.6) is 0 Å². The van der Waals surface area contributed by atoms with E-state index >= 15 is 0 Å². The molecule has 6 nitrogen and oxygen atoms in total. The molecule has 0 heterocycles. The van der Waals surface area contributed by atoms with Crippen molar-refractivity contribution in [3.8, 4) is 0 Å². The van der Waals surface area contributed by atoms with Gasteiger partial charge in [0.2, 0.25) is 0 Å². The molecule has 2 aliphatic carbocycles. The van der Waals surface area contributed by atoms with E-state index in [-0.39, 0.29) is 24.0 Å². The number of imide groups is 1. The summed E-state index contributed by atoms with van der Waals surface area (Å²) in [5.41, 5.74) is 0.935. The molecule has 0 N–H and O–H groups in total. The van der Waals surface area contributed by atoms with Crippen molar-refractivity contribution in [1.29, 1.82) is 0 Å². The SMILES string of the molecule is CCOC(=O)N(/N=C1\CC2CCC1(C)C2(C)C)C(=O)OCC. The minimum absolute atomic E-state index is 0.0884. The van der Waals surface area contributed by atoms with Crippen LogP contribution in [-0.2, 0) is 9.47 Å². The fourth-order valence-electron chi connectivity index (χ4n) is 3.73. The molecule has 0 aliphatic heterocycles. The summed E-state index contributed by atoms with van der Waals surface area (Å²) in [6.45, 7) is 10.4. The van der Waals surface area contributed by atoms with Gasteiger partial charge in [-0.2, -0.15) is 5.10 Å². The summed E-state index contributed by atoms with van der Waals surface area (Å²) in [6, 6.07) is 0. The second kappa shape index (κ2) is 5.89. The molecule has 0 aromatic rings. The molecular formula is C16H26N2O4. The second-order valence-corrected chi connectivity index (χ2v) is 6.75. The largest absolute Gasteiger partial charge is 0.448 e. The van der Waals surface area contributed by atoms with E-state index in [1.54, 1.807) is 13.8 Å². The highest BCUT2D eigenvalue weighted by molar-refractivity contribution is 5.97. The molecule has 2 fully saturated rings. The van der Waals surface area contributed by atoms with Gasteiger partial charge < -0.3 is 9.47 Å². The third-order valence-corrected chi connectivity index (χ3v) is 5.61. The summed E-state index contributed by atoms with van der Waals surface area (Å²) < 4.78 is 9.85. The average molecular weight is 310 g/mol. The number of carbonyl (C=O) groups excluding carboxylic acids is 2. The Morgan fingerprint density at radius 1 is 1.18 bits per heavy atom. The molecule has 2 aliphatic rings. The first-order chi connectivity index (χ1) is 10.3. The van der Waals surface area contributed by atoms with Crippen LogP contribution < -0.4 is 0 Å². The Kier molecular flexibility index (Phi) is 4.49. The maximum atomic E-state index is 12.0. The van der Waals surface area contributed by atoms with Crippen LogP contribution in [0.15, 0.2) is 5.10 Å². The van der Waals surface area contributed by atoms with Crippen LogP contribution in [0, 0.1) is 16.7 Å². The molecule has 2 saturated carbocycles. The molecule has 22 heavy (non-hydrogen) atoms. The van der Waals surface area contributed by atoms with E-state index in [0.29, 0.717) is 5.92 Å². The van der Waals surface area contributed by atoms with Crippen molar-refractivity contribution in [2.45, 2.75) is 53.9 Å². The molecule has 2 rings (SSSR count). The molecule has 2 atom stereocenters. The molecule has 2 bridgehead atoms. The van der Waals surface area contributed by atoms with Crippen LogP contribution >= 0.6 is 0 Å². The summed E-state index contributed by atoms with van der Waals surface area (Å²) in [5.74, 6) is 0.544. The Morgan fingerprint density at radius 3 is 2.09 bits per heavy atom. The molecule has 6 heteroatoms. The first-order valence-corrected chi connectivity index (χ1v) is 7.99. The smallest absolute Gasteiger partial charge is 0.440 e. The van der Waals surface area contributed by atoms with Crippen LogP contribution in [0.1, 0.15) is 53.9 Å². The zero-order valence-corrected chi connectivity index (χ0v) is 14.1. The van der Waals surface area contributed by atoms with Crippen molar-refractivity contribution in [2.75, 3.05) is 13.2 Å². The van der Waals surface area contributed by atoms with Crippen molar-refractivity contribution in [3.05, 3.63) is 0 Å². The van der Waals surface area contributed by atoms with Gasteiger partial charge in [0.25, 0.3) is 0 Å². The highest BCUT2D eigenvalue weighted by Gasteiger charge is 2.60. The van der Waals surface area contributed by atoms with Crippen LogP contribution in [0.2, 0.25) is 0 Å². The normalized spacial score (nSPS) is 30.4. The molecule has 0 aromatic heterocycles. The number of hydrazone groups is 1. The van der Waals surface area contributed by atoms with Crippen LogP contribution in [0.25, 0.3) is 0 Å². The van der Waals surface area contributed by atoms with Crippen molar-refractivity contribution in [2.24, 2.45) is 21.8 Å². The van der Waals surface area contributed by atoms with E-state index in [2.05, 4.69) is 25.9 Å². The molecule has 124 valence electrons. The van der Waals surface area contributed by atoms with Gasteiger partial charge in [-0.15, -0.1) is 0 Å². The van der Waals surface area contributed by atoms with Gasteiger partial charge in [-0.3, -0.25) is 0 Å². The minimum atomic E-state index is -0.780. The van der Waals surface area contributed by atoms with Crippen molar-refractivity contribution < 1.29 is 19.1 Å². The lowest BCUT2D eigenvalue weighted by Crippen LogP contribution is -2.38. The number of fused-ring (bicyclic) bond motifs is 2. The highest BCUT2D eigenvalue weighted by Crippen LogP contribution is 2.64. The Morgan fingerprint density at radius 2 is 1.73 bits per heavy atom. The fourth-order valence-corrected chi connectivity index (χ4v) is 3.73. The zero-order valence-electron chi connectivity index (χ0n) is 14.1. The van der Waals surface area contributed by atoms with Crippen molar-refractivity contribution in [3.63, 3.8) is 0 Å². The number of carbonyl (C=O) groups is 2. The van der Waals surface area contributed by atoms with Gasteiger partial charge in [-0.05, 0) is 44.4 Å². The second-order valence-electron chi connectivity index (χ2n) is 6.75. The first kappa shape index (κ1) is 16.8. The van der Waals surface area contributed by atoms with Crippen LogP contribution in [-0.4, -0.2) is 36.1 Å². The van der Waals surface area contributed by atoms with Gasteiger partial charge in [-0.25, -0.2) is 9.59 Å². The van der Waals surface area contributed by atoms with E-state index in [1.807, 2.05) is 0 Å². The third-order valence-electron chi connectivity index (χ3n) is 5.61. The lowest BCUT2D eigenvalue weighted by atomic mass is 9.70. The molecule has 0 saturated heterocycles. The summed E-state index contributed by atoms with van der Waals surface area (Å²) in [7, 11) is 0. The fraction of sp³-hybridized carbons (Fsp3) is 0.812. The minimum Gasteiger partial charge on any atom is -0.448 e. The molecular weight excluding hydrogens is 284 g/mol. The van der Waals surface area contributed by atoms with E-state index in [4.69, 9.17) is 9.47 Å². The lowest BCUT2D eigenvalue weighted by Gasteiger charge is -2.34. The monoisotopic (exact) mass is 310 g/mol.